The van der Waals surface area contributed by atoms with Crippen LogP contribution in [-0.2, 0) is 43.6 Å². The third-order valence-electron chi connectivity index (χ3n) is 10.4. The van der Waals surface area contributed by atoms with Crippen molar-refractivity contribution in [2.24, 2.45) is 0 Å². The summed E-state index contributed by atoms with van der Waals surface area (Å²) in [4.78, 5) is 42.3. The van der Waals surface area contributed by atoms with E-state index in [4.69, 9.17) is 14.2 Å². The predicted octanol–water partition coefficient (Wildman–Crippen LogP) is 5.40. The molecule has 11 nitrogen and oxygen atoms in total. The molecule has 4 aromatic carbocycles. The molecule has 4 aromatic rings. The monoisotopic (exact) mass is 719 g/mol. The van der Waals surface area contributed by atoms with Gasteiger partial charge in [0.15, 0.2) is 6.29 Å². The van der Waals surface area contributed by atoms with Crippen LogP contribution in [0.15, 0.2) is 103 Å². The van der Waals surface area contributed by atoms with E-state index in [1.54, 1.807) is 0 Å². The molecule has 0 radical (unpaired) electrons. The first-order valence-corrected chi connectivity index (χ1v) is 18.2. The summed E-state index contributed by atoms with van der Waals surface area (Å²) in [5.41, 5.74) is 6.07. The first-order valence-electron chi connectivity index (χ1n) is 18.2. The number of ether oxygens (including phenoxy) is 3. The molecule has 3 saturated heterocycles. The summed E-state index contributed by atoms with van der Waals surface area (Å²) >= 11 is 0. The maximum Gasteiger partial charge on any atom is 0.408 e. The Balaban J connectivity index is 1.03. The minimum atomic E-state index is -0.993. The predicted molar refractivity (Wildman–Crippen MR) is 196 cm³/mol. The van der Waals surface area contributed by atoms with Crippen molar-refractivity contribution in [3.8, 4) is 11.1 Å². The topological polar surface area (TPSA) is 138 Å². The average Bonchev–Trinajstić information content (AvgIpc) is 3.76. The van der Waals surface area contributed by atoms with Crippen molar-refractivity contribution in [2.75, 3.05) is 19.7 Å². The molecule has 276 valence electrons. The Labute approximate surface area is 309 Å². The Morgan fingerprint density at radius 3 is 2.34 bits per heavy atom. The van der Waals surface area contributed by atoms with Gasteiger partial charge in [-0.05, 0) is 52.8 Å². The Hall–Kier alpha value is -4.91. The van der Waals surface area contributed by atoms with Gasteiger partial charge in [0.2, 0.25) is 5.91 Å². The van der Waals surface area contributed by atoms with Gasteiger partial charge in [-0.3, -0.25) is 19.4 Å². The number of imide groups is 1. The van der Waals surface area contributed by atoms with E-state index in [1.165, 1.54) is 4.90 Å². The molecule has 3 aliphatic heterocycles. The first kappa shape index (κ1) is 36.4. The van der Waals surface area contributed by atoms with E-state index in [9.17, 15) is 24.6 Å². The molecule has 5 atom stereocenters. The molecule has 0 aliphatic carbocycles. The number of carbonyl (C=O) groups excluding carboxylic acids is 3. The molecule has 7 rings (SSSR count). The Kier molecular flexibility index (Phi) is 11.6. The fraction of sp³-hybridized carbons (Fsp3) is 0.357. The SMILES string of the molecule is O=C(NC1CC(=O)N(Cc2ccccc2-c2ccc([C@@H]3O[C@H](CN4CCC[C@H]4CO)C[C@H](c4ccc(CO)cc4)O3)cc2)C1=O)OCc1ccccc1. The van der Waals surface area contributed by atoms with Crippen LogP contribution in [0.1, 0.15) is 65.9 Å². The third kappa shape index (κ3) is 8.67. The highest BCUT2D eigenvalue weighted by Gasteiger charge is 2.40. The minimum absolute atomic E-state index is 0.0263. The number of nitrogens with one attached hydrogen (secondary N) is 1. The normalized spacial score (nSPS) is 23.4. The molecule has 3 aliphatic rings. The molecule has 0 bridgehead atoms. The van der Waals surface area contributed by atoms with Crippen LogP contribution in [-0.4, -0.2) is 75.8 Å². The van der Waals surface area contributed by atoms with Gasteiger partial charge in [-0.25, -0.2) is 4.79 Å². The second kappa shape index (κ2) is 16.8. The lowest BCUT2D eigenvalue weighted by Crippen LogP contribution is -2.42. The number of rotatable bonds is 12. The Morgan fingerprint density at radius 2 is 1.58 bits per heavy atom. The Bertz CT molecular complexity index is 1870. The highest BCUT2D eigenvalue weighted by Crippen LogP contribution is 2.39. The highest BCUT2D eigenvalue weighted by atomic mass is 16.7. The van der Waals surface area contributed by atoms with E-state index in [0.29, 0.717) is 13.0 Å². The van der Waals surface area contributed by atoms with Gasteiger partial charge >= 0.3 is 6.09 Å². The summed E-state index contributed by atoms with van der Waals surface area (Å²) in [5, 5.41) is 22.0. The number of hydrogen-bond donors (Lipinski definition) is 3. The van der Waals surface area contributed by atoms with Gasteiger partial charge in [0.1, 0.15) is 12.6 Å². The second-order valence-corrected chi connectivity index (χ2v) is 13.9. The molecule has 0 saturated carbocycles. The molecule has 3 amide bonds. The summed E-state index contributed by atoms with van der Waals surface area (Å²) in [6.07, 6.45) is 0.825. The molecule has 0 aromatic heterocycles. The van der Waals surface area contributed by atoms with Crippen molar-refractivity contribution in [1.82, 2.24) is 15.1 Å². The van der Waals surface area contributed by atoms with E-state index < -0.39 is 24.3 Å². The largest absolute Gasteiger partial charge is 0.445 e. The summed E-state index contributed by atoms with van der Waals surface area (Å²) < 4.78 is 18.4. The van der Waals surface area contributed by atoms with Crippen molar-refractivity contribution < 1.29 is 38.8 Å². The fourth-order valence-corrected chi connectivity index (χ4v) is 7.44. The van der Waals surface area contributed by atoms with E-state index in [-0.39, 0.29) is 56.9 Å². The van der Waals surface area contributed by atoms with Crippen molar-refractivity contribution in [2.45, 2.75) is 76.0 Å². The quantitative estimate of drug-likeness (QED) is 0.164. The number of aliphatic hydroxyl groups is 2. The molecule has 3 N–H and O–H groups in total. The number of carbonyl (C=O) groups is 3. The fourth-order valence-electron chi connectivity index (χ4n) is 7.44. The molecule has 53 heavy (non-hydrogen) atoms. The molecule has 3 heterocycles. The van der Waals surface area contributed by atoms with Crippen LogP contribution in [0.25, 0.3) is 11.1 Å². The van der Waals surface area contributed by atoms with Crippen molar-refractivity contribution in [3.05, 3.63) is 131 Å². The van der Waals surface area contributed by atoms with Crippen molar-refractivity contribution in [3.63, 3.8) is 0 Å². The highest BCUT2D eigenvalue weighted by molar-refractivity contribution is 6.06. The van der Waals surface area contributed by atoms with Crippen LogP contribution in [0.2, 0.25) is 0 Å². The molecular weight excluding hydrogens is 674 g/mol. The van der Waals surface area contributed by atoms with Gasteiger partial charge < -0.3 is 29.7 Å². The lowest BCUT2D eigenvalue weighted by atomic mass is 9.97. The lowest BCUT2D eigenvalue weighted by Gasteiger charge is -2.38. The van der Waals surface area contributed by atoms with E-state index in [1.807, 2.05) is 103 Å². The number of alkyl carbamates (subject to hydrolysis) is 1. The van der Waals surface area contributed by atoms with E-state index in [2.05, 4.69) is 10.2 Å². The Morgan fingerprint density at radius 1 is 0.849 bits per heavy atom. The summed E-state index contributed by atoms with van der Waals surface area (Å²) in [6, 6.07) is 31.7. The van der Waals surface area contributed by atoms with Crippen LogP contribution in [0, 0.1) is 0 Å². The third-order valence-corrected chi connectivity index (χ3v) is 10.4. The smallest absolute Gasteiger partial charge is 0.408 e. The van der Waals surface area contributed by atoms with Crippen LogP contribution in [0.3, 0.4) is 0 Å². The molecule has 1 unspecified atom stereocenters. The van der Waals surface area contributed by atoms with E-state index in [0.717, 1.165) is 58.3 Å². The number of amides is 3. The molecule has 3 fully saturated rings. The maximum absolute atomic E-state index is 13.3. The standard InChI is InChI=1S/C42H45N3O8/c46-25-28-12-14-31(15-13-28)38-21-35(24-44-20-6-10-34(44)26-47)52-41(53-38)32-18-16-30(17-19-32)36-11-5-4-9-33(36)23-45-39(48)22-37(40(45)49)43-42(50)51-27-29-7-2-1-3-8-29/h1-5,7-9,11-19,34-35,37-38,41,46-47H,6,10,20-27H2,(H,43,50)/t34-,35-,37?,38+,41+/m0/s1. The first-order chi connectivity index (χ1) is 25.9. The number of aliphatic hydroxyl groups excluding tert-OH is 2. The number of benzene rings is 4. The van der Waals surface area contributed by atoms with Gasteiger partial charge in [0.25, 0.3) is 5.91 Å². The zero-order chi connectivity index (χ0) is 36.7. The number of hydrogen-bond acceptors (Lipinski definition) is 9. The van der Waals surface area contributed by atoms with E-state index >= 15 is 0 Å². The van der Waals surface area contributed by atoms with Gasteiger partial charge in [0.05, 0.1) is 38.4 Å². The summed E-state index contributed by atoms with van der Waals surface area (Å²) in [5.74, 6) is -0.841. The number of nitrogens with zero attached hydrogens (tertiary/aromatic N) is 2. The van der Waals surface area contributed by atoms with Crippen molar-refractivity contribution in [1.29, 1.82) is 0 Å². The van der Waals surface area contributed by atoms with Crippen molar-refractivity contribution >= 4 is 17.9 Å². The van der Waals surface area contributed by atoms with Gasteiger partial charge in [-0.2, -0.15) is 0 Å². The maximum atomic E-state index is 13.3. The van der Waals surface area contributed by atoms with Gasteiger partial charge in [0, 0.05) is 24.6 Å². The summed E-state index contributed by atoms with van der Waals surface area (Å²) in [6.45, 7) is 1.84. The summed E-state index contributed by atoms with van der Waals surface area (Å²) in [7, 11) is 0. The van der Waals surface area contributed by atoms with Gasteiger partial charge in [-0.15, -0.1) is 0 Å². The molecule has 11 heteroatoms. The second-order valence-electron chi connectivity index (χ2n) is 13.9. The van der Waals surface area contributed by atoms with Gasteiger partial charge in [-0.1, -0.05) is 103 Å². The zero-order valence-corrected chi connectivity index (χ0v) is 29.5. The molecular formula is C42H45N3O8. The number of likely N-dealkylation sites (tertiary alicyclic amines) is 2. The van der Waals surface area contributed by atoms with Crippen LogP contribution in [0.5, 0.6) is 0 Å². The average molecular weight is 720 g/mol. The zero-order valence-electron chi connectivity index (χ0n) is 29.5. The van der Waals surface area contributed by atoms with Crippen LogP contribution < -0.4 is 5.32 Å². The van der Waals surface area contributed by atoms with Crippen LogP contribution >= 0.6 is 0 Å². The minimum Gasteiger partial charge on any atom is -0.445 e. The van der Waals surface area contributed by atoms with Crippen LogP contribution in [0.4, 0.5) is 4.79 Å². The lowest BCUT2D eigenvalue weighted by molar-refractivity contribution is -0.253. The molecule has 0 spiro atoms.